The van der Waals surface area contributed by atoms with E-state index in [1.54, 1.807) is 25.3 Å². The van der Waals surface area contributed by atoms with Crippen LogP contribution in [0.2, 0.25) is 0 Å². The number of H-pyrrole nitrogens is 1. The van der Waals surface area contributed by atoms with Crippen molar-refractivity contribution < 1.29 is 14.4 Å². The summed E-state index contributed by atoms with van der Waals surface area (Å²) in [5.74, 6) is -1.30. The number of rotatable bonds is 6. The molecule has 1 aromatic rings. The number of aromatic nitrogens is 1. The van der Waals surface area contributed by atoms with E-state index in [2.05, 4.69) is 15.6 Å². The van der Waals surface area contributed by atoms with Crippen LogP contribution in [-0.2, 0) is 9.59 Å². The summed E-state index contributed by atoms with van der Waals surface area (Å²) in [4.78, 5) is 37.8. The van der Waals surface area contributed by atoms with Crippen LogP contribution in [0, 0.1) is 5.92 Å². The van der Waals surface area contributed by atoms with Crippen molar-refractivity contribution in [2.45, 2.75) is 32.7 Å². The average molecular weight is 294 g/mol. The summed E-state index contributed by atoms with van der Waals surface area (Å²) in [5.41, 5.74) is 5.14. The van der Waals surface area contributed by atoms with Crippen LogP contribution >= 0.6 is 0 Å². The standard InChI is InChI=1S/C14H22N4O3/c1-9(2)7-14(3,15)13(21)17-8-11(19)18-12(20)10-5-4-6-16-10/h4-6,9,16H,7-8,15H2,1-3H3,(H,17,21)(H,18,19,20)/t14-/m0/s1. The third-order valence-corrected chi connectivity index (χ3v) is 2.86. The Morgan fingerprint density at radius 3 is 2.57 bits per heavy atom. The lowest BCUT2D eigenvalue weighted by atomic mass is 9.91. The Kier molecular flexibility index (Phi) is 5.66. The van der Waals surface area contributed by atoms with Gasteiger partial charge in [-0.15, -0.1) is 0 Å². The van der Waals surface area contributed by atoms with E-state index >= 15 is 0 Å². The largest absolute Gasteiger partial charge is 0.357 e. The first-order chi connectivity index (χ1) is 9.72. The molecule has 0 aliphatic heterocycles. The maximum atomic E-state index is 11.9. The predicted octanol–water partition coefficient (Wildman–Crippen LogP) is 0.151. The minimum absolute atomic E-state index is 0.258. The monoisotopic (exact) mass is 294 g/mol. The van der Waals surface area contributed by atoms with E-state index in [0.717, 1.165) is 0 Å². The van der Waals surface area contributed by atoms with Crippen molar-refractivity contribution in [1.29, 1.82) is 0 Å². The molecule has 0 saturated heterocycles. The van der Waals surface area contributed by atoms with Crippen molar-refractivity contribution in [3.63, 3.8) is 0 Å². The fourth-order valence-electron chi connectivity index (χ4n) is 2.01. The average Bonchev–Trinajstić information content (AvgIpc) is 2.88. The molecule has 7 nitrogen and oxygen atoms in total. The van der Waals surface area contributed by atoms with E-state index in [-0.39, 0.29) is 18.2 Å². The Labute approximate surface area is 123 Å². The van der Waals surface area contributed by atoms with Crippen LogP contribution in [0.3, 0.4) is 0 Å². The minimum Gasteiger partial charge on any atom is -0.357 e. The number of hydrogen-bond acceptors (Lipinski definition) is 4. The predicted molar refractivity (Wildman–Crippen MR) is 78.3 cm³/mol. The van der Waals surface area contributed by atoms with Gasteiger partial charge < -0.3 is 16.0 Å². The summed E-state index contributed by atoms with van der Waals surface area (Å²) in [6.07, 6.45) is 2.08. The third-order valence-electron chi connectivity index (χ3n) is 2.86. The Bertz CT molecular complexity index is 506. The molecule has 0 aliphatic rings. The van der Waals surface area contributed by atoms with Crippen molar-refractivity contribution in [3.8, 4) is 0 Å². The molecule has 0 saturated carbocycles. The highest BCUT2D eigenvalue weighted by Crippen LogP contribution is 2.13. The number of hydrogen-bond donors (Lipinski definition) is 4. The normalized spacial score (nSPS) is 13.6. The Hall–Kier alpha value is -2.15. The molecule has 7 heteroatoms. The van der Waals surface area contributed by atoms with Crippen molar-refractivity contribution >= 4 is 17.7 Å². The first kappa shape index (κ1) is 16.9. The molecule has 1 heterocycles. The van der Waals surface area contributed by atoms with Crippen LogP contribution in [0.15, 0.2) is 18.3 Å². The van der Waals surface area contributed by atoms with Crippen LogP contribution in [-0.4, -0.2) is 34.8 Å². The zero-order valence-electron chi connectivity index (χ0n) is 12.5. The lowest BCUT2D eigenvalue weighted by Gasteiger charge is -2.25. The molecule has 1 aromatic heterocycles. The van der Waals surface area contributed by atoms with Gasteiger partial charge in [-0.05, 0) is 31.4 Å². The van der Waals surface area contributed by atoms with Crippen LogP contribution < -0.4 is 16.4 Å². The van der Waals surface area contributed by atoms with Crippen LogP contribution in [0.1, 0.15) is 37.7 Å². The van der Waals surface area contributed by atoms with Gasteiger partial charge in [0.2, 0.25) is 11.8 Å². The van der Waals surface area contributed by atoms with Crippen LogP contribution in [0.25, 0.3) is 0 Å². The first-order valence-corrected chi connectivity index (χ1v) is 6.77. The van der Waals surface area contributed by atoms with E-state index in [1.165, 1.54) is 0 Å². The second-order valence-electron chi connectivity index (χ2n) is 5.66. The minimum atomic E-state index is -1.04. The number of nitrogens with two attached hydrogens (primary N) is 1. The van der Waals surface area contributed by atoms with Gasteiger partial charge in [-0.25, -0.2) is 0 Å². The molecule has 116 valence electrons. The van der Waals surface area contributed by atoms with E-state index in [4.69, 9.17) is 5.73 Å². The summed E-state index contributed by atoms with van der Waals surface area (Å²) in [7, 11) is 0. The second-order valence-corrected chi connectivity index (χ2v) is 5.66. The topological polar surface area (TPSA) is 117 Å². The highest BCUT2D eigenvalue weighted by Gasteiger charge is 2.29. The summed E-state index contributed by atoms with van der Waals surface area (Å²) in [6.45, 7) is 5.24. The molecule has 3 amide bonds. The molecule has 0 unspecified atom stereocenters. The van der Waals surface area contributed by atoms with E-state index in [9.17, 15) is 14.4 Å². The fourth-order valence-corrected chi connectivity index (χ4v) is 2.01. The quantitative estimate of drug-likeness (QED) is 0.597. The number of aromatic amines is 1. The zero-order chi connectivity index (χ0) is 16.0. The van der Waals surface area contributed by atoms with Gasteiger partial charge >= 0.3 is 0 Å². The summed E-state index contributed by atoms with van der Waals surface area (Å²) in [5, 5.41) is 4.61. The van der Waals surface area contributed by atoms with Gasteiger partial charge in [-0.3, -0.25) is 19.7 Å². The van der Waals surface area contributed by atoms with Crippen molar-refractivity contribution in [2.24, 2.45) is 11.7 Å². The summed E-state index contributed by atoms with van der Waals surface area (Å²) in [6, 6.07) is 3.19. The van der Waals surface area contributed by atoms with Crippen molar-refractivity contribution in [2.75, 3.05) is 6.54 Å². The molecule has 1 rings (SSSR count). The molecule has 1 atom stereocenters. The molecule has 0 aliphatic carbocycles. The fraction of sp³-hybridized carbons (Fsp3) is 0.500. The van der Waals surface area contributed by atoms with Gasteiger partial charge in [0.05, 0.1) is 12.1 Å². The number of imide groups is 1. The molecular formula is C14H22N4O3. The molecular weight excluding hydrogens is 272 g/mol. The first-order valence-electron chi connectivity index (χ1n) is 6.77. The maximum absolute atomic E-state index is 11.9. The number of carbonyl (C=O) groups is 3. The second kappa shape index (κ2) is 7.03. The number of nitrogens with one attached hydrogen (secondary N) is 3. The number of carbonyl (C=O) groups excluding carboxylic acids is 3. The van der Waals surface area contributed by atoms with Gasteiger partial charge in [0.1, 0.15) is 5.69 Å². The van der Waals surface area contributed by atoms with Crippen LogP contribution in [0.4, 0.5) is 0 Å². The Morgan fingerprint density at radius 1 is 1.38 bits per heavy atom. The lowest BCUT2D eigenvalue weighted by Crippen LogP contribution is -2.54. The highest BCUT2D eigenvalue weighted by molar-refractivity contribution is 6.04. The maximum Gasteiger partial charge on any atom is 0.274 e. The van der Waals surface area contributed by atoms with Crippen LogP contribution in [0.5, 0.6) is 0 Å². The third kappa shape index (κ3) is 5.39. The molecule has 0 bridgehead atoms. The highest BCUT2D eigenvalue weighted by atomic mass is 16.2. The smallest absolute Gasteiger partial charge is 0.274 e. The van der Waals surface area contributed by atoms with Gasteiger partial charge in [0, 0.05) is 6.20 Å². The van der Waals surface area contributed by atoms with Gasteiger partial charge in [-0.1, -0.05) is 13.8 Å². The molecule has 0 fully saturated rings. The van der Waals surface area contributed by atoms with Gasteiger partial charge in [0.25, 0.3) is 5.91 Å². The van der Waals surface area contributed by atoms with E-state index < -0.39 is 23.3 Å². The molecule has 5 N–H and O–H groups in total. The zero-order valence-corrected chi connectivity index (χ0v) is 12.5. The Morgan fingerprint density at radius 2 is 2.05 bits per heavy atom. The molecule has 0 spiro atoms. The summed E-state index contributed by atoms with van der Waals surface area (Å²) >= 11 is 0. The van der Waals surface area contributed by atoms with E-state index in [0.29, 0.717) is 6.42 Å². The molecule has 21 heavy (non-hydrogen) atoms. The lowest BCUT2D eigenvalue weighted by molar-refractivity contribution is -0.129. The van der Waals surface area contributed by atoms with Gasteiger partial charge in [-0.2, -0.15) is 0 Å². The molecule has 0 aromatic carbocycles. The van der Waals surface area contributed by atoms with Gasteiger partial charge in [0.15, 0.2) is 0 Å². The number of amides is 3. The van der Waals surface area contributed by atoms with E-state index in [1.807, 2.05) is 13.8 Å². The molecule has 0 radical (unpaired) electrons. The SMILES string of the molecule is CC(C)C[C@](C)(N)C(=O)NCC(=O)NC(=O)c1ccc[nH]1. The summed E-state index contributed by atoms with van der Waals surface area (Å²) < 4.78 is 0. The Balaban J connectivity index is 2.42. The van der Waals surface area contributed by atoms with Crippen molar-refractivity contribution in [3.05, 3.63) is 24.0 Å². The van der Waals surface area contributed by atoms with Crippen molar-refractivity contribution in [1.82, 2.24) is 15.6 Å².